The van der Waals surface area contributed by atoms with Gasteiger partial charge in [-0.2, -0.15) is 5.10 Å². The molecule has 0 bridgehead atoms. The Kier molecular flexibility index (Phi) is 6.33. The second-order valence-corrected chi connectivity index (χ2v) is 8.20. The zero-order valence-electron chi connectivity index (χ0n) is 17.0. The van der Waals surface area contributed by atoms with Gasteiger partial charge in [0.05, 0.1) is 29.4 Å². The van der Waals surface area contributed by atoms with Crippen molar-refractivity contribution < 1.29 is 9.47 Å². The summed E-state index contributed by atoms with van der Waals surface area (Å²) in [7, 11) is 0. The van der Waals surface area contributed by atoms with E-state index in [1.54, 1.807) is 4.68 Å². The lowest BCUT2D eigenvalue weighted by Crippen LogP contribution is -2.38. The van der Waals surface area contributed by atoms with Gasteiger partial charge in [-0.15, -0.1) is 0 Å². The standard InChI is InChI=1S/C22H27ClN4O2/c1-16(2)13-17-5-6-27(25-17)22-15-20(23)19-4-3-18(14-21(19)24-22)29-12-9-26-7-10-28-11-8-26/h3-6,14-16H,7-13H2,1-2H3. The van der Waals surface area contributed by atoms with E-state index in [1.165, 1.54) is 0 Å². The summed E-state index contributed by atoms with van der Waals surface area (Å²) in [5, 5.41) is 6.21. The minimum absolute atomic E-state index is 0.559. The number of fused-ring (bicyclic) bond motifs is 1. The Bertz CT molecular complexity index is 967. The third kappa shape index (κ3) is 5.07. The Labute approximate surface area is 176 Å². The molecule has 3 aromatic rings. The molecule has 7 heteroatoms. The van der Waals surface area contributed by atoms with E-state index in [1.807, 2.05) is 36.5 Å². The lowest BCUT2D eigenvalue weighted by atomic mass is 10.1. The fourth-order valence-corrected chi connectivity index (χ4v) is 3.75. The number of ether oxygens (including phenoxy) is 2. The van der Waals surface area contributed by atoms with Crippen LogP contribution in [-0.4, -0.2) is 59.1 Å². The van der Waals surface area contributed by atoms with Gasteiger partial charge in [-0.1, -0.05) is 25.4 Å². The summed E-state index contributed by atoms with van der Waals surface area (Å²) in [4.78, 5) is 7.12. The van der Waals surface area contributed by atoms with Crippen LogP contribution in [0.2, 0.25) is 5.02 Å². The summed E-state index contributed by atoms with van der Waals surface area (Å²) in [6.45, 7) is 9.42. The normalized spacial score (nSPS) is 15.3. The van der Waals surface area contributed by atoms with Gasteiger partial charge in [-0.25, -0.2) is 9.67 Å². The van der Waals surface area contributed by atoms with E-state index < -0.39 is 0 Å². The summed E-state index contributed by atoms with van der Waals surface area (Å²) >= 11 is 6.52. The highest BCUT2D eigenvalue weighted by molar-refractivity contribution is 6.35. The number of hydrogen-bond donors (Lipinski definition) is 0. The fraction of sp³-hybridized carbons (Fsp3) is 0.455. The highest BCUT2D eigenvalue weighted by atomic mass is 35.5. The van der Waals surface area contributed by atoms with E-state index >= 15 is 0 Å². The van der Waals surface area contributed by atoms with Crippen LogP contribution in [0.25, 0.3) is 16.7 Å². The average molecular weight is 415 g/mol. The molecular formula is C22H27ClN4O2. The van der Waals surface area contributed by atoms with Crippen LogP contribution in [0.5, 0.6) is 5.75 Å². The van der Waals surface area contributed by atoms with Crippen LogP contribution in [0.1, 0.15) is 19.5 Å². The highest BCUT2D eigenvalue weighted by Crippen LogP contribution is 2.28. The van der Waals surface area contributed by atoms with Gasteiger partial charge < -0.3 is 9.47 Å². The summed E-state index contributed by atoms with van der Waals surface area (Å²) in [6, 6.07) is 9.75. The van der Waals surface area contributed by atoms with Crippen molar-refractivity contribution >= 4 is 22.5 Å². The topological polar surface area (TPSA) is 52.4 Å². The van der Waals surface area contributed by atoms with Gasteiger partial charge in [-0.05, 0) is 30.5 Å². The van der Waals surface area contributed by atoms with Crippen LogP contribution in [0.4, 0.5) is 0 Å². The number of morpholine rings is 1. The number of halogens is 1. The lowest BCUT2D eigenvalue weighted by molar-refractivity contribution is 0.0322. The van der Waals surface area contributed by atoms with Gasteiger partial charge in [0.25, 0.3) is 0 Å². The molecule has 0 atom stereocenters. The first-order valence-electron chi connectivity index (χ1n) is 10.2. The lowest BCUT2D eigenvalue weighted by Gasteiger charge is -2.26. The molecule has 0 amide bonds. The minimum Gasteiger partial charge on any atom is -0.492 e. The molecule has 0 spiro atoms. The molecule has 1 aliphatic rings. The first-order valence-corrected chi connectivity index (χ1v) is 10.5. The van der Waals surface area contributed by atoms with E-state index in [-0.39, 0.29) is 0 Å². The number of pyridine rings is 1. The van der Waals surface area contributed by atoms with Gasteiger partial charge in [-0.3, -0.25) is 4.90 Å². The number of benzene rings is 1. The summed E-state index contributed by atoms with van der Waals surface area (Å²) in [5.41, 5.74) is 1.86. The zero-order valence-corrected chi connectivity index (χ0v) is 17.7. The largest absolute Gasteiger partial charge is 0.492 e. The number of aromatic nitrogens is 3. The predicted molar refractivity (Wildman–Crippen MR) is 115 cm³/mol. The van der Waals surface area contributed by atoms with Gasteiger partial charge in [0.2, 0.25) is 0 Å². The second-order valence-electron chi connectivity index (χ2n) is 7.79. The molecule has 0 N–H and O–H groups in total. The van der Waals surface area contributed by atoms with Crippen LogP contribution >= 0.6 is 11.6 Å². The molecule has 29 heavy (non-hydrogen) atoms. The molecule has 2 aromatic heterocycles. The van der Waals surface area contributed by atoms with Crippen LogP contribution in [0.15, 0.2) is 36.5 Å². The monoisotopic (exact) mass is 414 g/mol. The van der Waals surface area contributed by atoms with Crippen molar-refractivity contribution in [2.75, 3.05) is 39.5 Å². The Hall–Kier alpha value is -2.15. The van der Waals surface area contributed by atoms with Gasteiger partial charge in [0.1, 0.15) is 12.4 Å². The van der Waals surface area contributed by atoms with Crippen molar-refractivity contribution in [2.24, 2.45) is 5.92 Å². The highest BCUT2D eigenvalue weighted by Gasteiger charge is 2.11. The molecule has 1 aromatic carbocycles. The first-order chi connectivity index (χ1) is 14.1. The summed E-state index contributed by atoms with van der Waals surface area (Å²) in [5.74, 6) is 2.07. The fourth-order valence-electron chi connectivity index (χ4n) is 3.49. The molecule has 1 saturated heterocycles. The molecule has 4 rings (SSSR count). The Morgan fingerprint density at radius 3 is 2.79 bits per heavy atom. The van der Waals surface area contributed by atoms with Crippen LogP contribution in [0.3, 0.4) is 0 Å². The maximum Gasteiger partial charge on any atom is 0.155 e. The quantitative estimate of drug-likeness (QED) is 0.585. The second kappa shape index (κ2) is 9.11. The van der Waals surface area contributed by atoms with Crippen molar-refractivity contribution in [3.63, 3.8) is 0 Å². The van der Waals surface area contributed by atoms with E-state index in [9.17, 15) is 0 Å². The molecule has 0 radical (unpaired) electrons. The van der Waals surface area contributed by atoms with Crippen molar-refractivity contribution in [1.29, 1.82) is 0 Å². The molecule has 1 fully saturated rings. The molecule has 6 nitrogen and oxygen atoms in total. The molecule has 0 unspecified atom stereocenters. The maximum atomic E-state index is 6.52. The molecule has 3 heterocycles. The van der Waals surface area contributed by atoms with E-state index in [0.29, 0.717) is 23.4 Å². The maximum absolute atomic E-state index is 6.52. The minimum atomic E-state index is 0.559. The molecule has 1 aliphatic heterocycles. The van der Waals surface area contributed by atoms with Crippen LogP contribution in [0, 0.1) is 5.92 Å². The zero-order chi connectivity index (χ0) is 20.2. The SMILES string of the molecule is CC(C)Cc1ccn(-c2cc(Cl)c3ccc(OCCN4CCOCC4)cc3n2)n1. The molecule has 0 aliphatic carbocycles. The number of hydrogen-bond acceptors (Lipinski definition) is 5. The first kappa shape index (κ1) is 20.1. The van der Waals surface area contributed by atoms with Crippen LogP contribution < -0.4 is 4.74 Å². The van der Waals surface area contributed by atoms with E-state index in [2.05, 4.69) is 23.8 Å². The van der Waals surface area contributed by atoms with E-state index in [4.69, 9.17) is 26.1 Å². The summed E-state index contributed by atoms with van der Waals surface area (Å²) < 4.78 is 13.1. The Morgan fingerprint density at radius 2 is 2.00 bits per heavy atom. The number of nitrogens with zero attached hydrogens (tertiary/aromatic N) is 4. The van der Waals surface area contributed by atoms with Gasteiger partial charge in [0, 0.05) is 43.4 Å². The predicted octanol–water partition coefficient (Wildman–Crippen LogP) is 3.98. The molecule has 154 valence electrons. The van der Waals surface area contributed by atoms with E-state index in [0.717, 1.165) is 61.6 Å². The van der Waals surface area contributed by atoms with Crippen molar-refractivity contribution in [3.8, 4) is 11.6 Å². The van der Waals surface area contributed by atoms with Crippen molar-refractivity contribution in [1.82, 2.24) is 19.7 Å². The van der Waals surface area contributed by atoms with Crippen molar-refractivity contribution in [2.45, 2.75) is 20.3 Å². The third-order valence-electron chi connectivity index (χ3n) is 4.99. The van der Waals surface area contributed by atoms with Crippen molar-refractivity contribution in [3.05, 3.63) is 47.2 Å². The smallest absolute Gasteiger partial charge is 0.155 e. The summed E-state index contributed by atoms with van der Waals surface area (Å²) in [6.07, 6.45) is 2.88. The molecule has 0 saturated carbocycles. The molecular weight excluding hydrogens is 388 g/mol. The van der Waals surface area contributed by atoms with Crippen LogP contribution in [-0.2, 0) is 11.2 Å². The Morgan fingerprint density at radius 1 is 1.17 bits per heavy atom. The average Bonchev–Trinajstić information content (AvgIpc) is 3.16. The third-order valence-corrected chi connectivity index (χ3v) is 5.31. The number of rotatable bonds is 7. The van der Waals surface area contributed by atoms with Gasteiger partial charge in [0.15, 0.2) is 5.82 Å². The van der Waals surface area contributed by atoms with Gasteiger partial charge >= 0.3 is 0 Å². The Balaban J connectivity index is 1.50.